The molecule has 0 bridgehead atoms. The number of carbonyl (C=O) groups excluding carboxylic acids is 1. The molecule has 2 aliphatic rings. The minimum absolute atomic E-state index is 0. The predicted octanol–water partition coefficient (Wildman–Crippen LogP) is 2.30. The molecule has 0 aromatic carbocycles. The number of rotatable bonds is 4. The molecule has 0 aromatic rings. The minimum Gasteiger partial charge on any atom is -0.352 e. The highest BCUT2D eigenvalue weighted by Gasteiger charge is 2.28. The second-order valence-corrected chi connectivity index (χ2v) is 6.83. The number of hydrogen-bond donors (Lipinski definition) is 2. The van der Waals surface area contributed by atoms with E-state index in [1.807, 2.05) is 0 Å². The Bertz CT molecular complexity index is 325. The second kappa shape index (κ2) is 8.96. The maximum atomic E-state index is 12.3. The fourth-order valence-electron chi connectivity index (χ4n) is 3.78. The molecule has 2 rings (SSSR count). The highest BCUT2D eigenvalue weighted by atomic mass is 35.5. The van der Waals surface area contributed by atoms with Crippen molar-refractivity contribution in [2.75, 3.05) is 13.1 Å². The van der Waals surface area contributed by atoms with Crippen molar-refractivity contribution in [3.63, 3.8) is 0 Å². The molecule has 1 aliphatic heterocycles. The number of carbonyl (C=O) groups is 1. The number of likely N-dealkylation sites (tertiary alicyclic amines) is 1. The maximum absolute atomic E-state index is 12.3. The lowest BCUT2D eigenvalue weighted by Gasteiger charge is -2.38. The molecule has 124 valence electrons. The molecule has 3 N–H and O–H groups in total. The van der Waals surface area contributed by atoms with Crippen LogP contribution in [0.3, 0.4) is 0 Å². The number of nitrogens with one attached hydrogen (secondary N) is 1. The summed E-state index contributed by atoms with van der Waals surface area (Å²) in [6, 6.07) is 0.907. The summed E-state index contributed by atoms with van der Waals surface area (Å²) >= 11 is 0. The summed E-state index contributed by atoms with van der Waals surface area (Å²) in [5.41, 5.74) is 6.07. The lowest BCUT2D eigenvalue weighted by Crippen LogP contribution is -2.53. The van der Waals surface area contributed by atoms with Crippen LogP contribution in [0.4, 0.5) is 0 Å². The molecule has 1 saturated carbocycles. The van der Waals surface area contributed by atoms with E-state index in [-0.39, 0.29) is 24.4 Å². The van der Waals surface area contributed by atoms with Crippen molar-refractivity contribution < 1.29 is 4.79 Å². The molecule has 4 nitrogen and oxygen atoms in total. The number of amides is 1. The average Bonchev–Trinajstić information content (AvgIpc) is 2.41. The quantitative estimate of drug-likeness (QED) is 0.836. The third kappa shape index (κ3) is 5.42. The lowest BCUT2D eigenvalue weighted by atomic mass is 9.86. The van der Waals surface area contributed by atoms with Crippen molar-refractivity contribution in [1.82, 2.24) is 10.2 Å². The Kier molecular flexibility index (Phi) is 7.99. The van der Waals surface area contributed by atoms with Crippen LogP contribution in [-0.4, -0.2) is 42.0 Å². The third-order valence-electron chi connectivity index (χ3n) is 5.08. The van der Waals surface area contributed by atoms with Crippen LogP contribution < -0.4 is 11.1 Å². The van der Waals surface area contributed by atoms with E-state index in [0.29, 0.717) is 24.5 Å². The van der Waals surface area contributed by atoms with Gasteiger partial charge >= 0.3 is 0 Å². The number of nitrogens with two attached hydrogens (primary N) is 1. The van der Waals surface area contributed by atoms with Crippen LogP contribution in [0, 0.1) is 5.92 Å². The van der Waals surface area contributed by atoms with E-state index in [2.05, 4.69) is 24.1 Å². The smallest absolute Gasteiger partial charge is 0.234 e. The van der Waals surface area contributed by atoms with Crippen LogP contribution in [0.2, 0.25) is 0 Å². The van der Waals surface area contributed by atoms with Crippen LogP contribution in [0.5, 0.6) is 0 Å². The molecule has 21 heavy (non-hydrogen) atoms. The van der Waals surface area contributed by atoms with Gasteiger partial charge in [-0.25, -0.2) is 0 Å². The minimum atomic E-state index is 0. The first-order valence-electron chi connectivity index (χ1n) is 8.37. The molecule has 0 aromatic heterocycles. The van der Waals surface area contributed by atoms with E-state index < -0.39 is 0 Å². The van der Waals surface area contributed by atoms with Crippen LogP contribution in [0.15, 0.2) is 0 Å². The van der Waals surface area contributed by atoms with Crippen molar-refractivity contribution in [2.24, 2.45) is 11.7 Å². The van der Waals surface area contributed by atoms with Gasteiger partial charge < -0.3 is 11.1 Å². The topological polar surface area (TPSA) is 58.4 Å². The number of halogens is 1. The molecule has 0 spiro atoms. The van der Waals surface area contributed by atoms with Gasteiger partial charge in [-0.15, -0.1) is 12.4 Å². The van der Waals surface area contributed by atoms with Crippen LogP contribution in [-0.2, 0) is 4.79 Å². The number of nitrogens with zero attached hydrogens (tertiary/aromatic N) is 1. The number of hydrogen-bond acceptors (Lipinski definition) is 3. The van der Waals surface area contributed by atoms with E-state index in [4.69, 9.17) is 5.73 Å². The molecule has 0 radical (unpaired) electrons. The maximum Gasteiger partial charge on any atom is 0.234 e. The summed E-state index contributed by atoms with van der Waals surface area (Å²) in [5.74, 6) is 0.814. The first-order valence-corrected chi connectivity index (χ1v) is 8.37. The lowest BCUT2D eigenvalue weighted by molar-refractivity contribution is -0.124. The zero-order valence-electron chi connectivity index (χ0n) is 13.5. The molecule has 2 fully saturated rings. The van der Waals surface area contributed by atoms with E-state index >= 15 is 0 Å². The Morgan fingerprint density at radius 1 is 1.24 bits per heavy atom. The molecule has 1 heterocycles. The zero-order valence-corrected chi connectivity index (χ0v) is 14.3. The molecule has 4 unspecified atom stereocenters. The van der Waals surface area contributed by atoms with Crippen LogP contribution in [0.1, 0.15) is 58.8 Å². The highest BCUT2D eigenvalue weighted by Crippen LogP contribution is 2.24. The fraction of sp³-hybridized carbons (Fsp3) is 0.938. The molecule has 1 amide bonds. The second-order valence-electron chi connectivity index (χ2n) is 6.83. The Morgan fingerprint density at radius 2 is 1.90 bits per heavy atom. The monoisotopic (exact) mass is 317 g/mol. The zero-order chi connectivity index (χ0) is 14.5. The molecule has 5 heteroatoms. The Hall–Kier alpha value is -0.320. The Balaban J connectivity index is 0.00000220. The Morgan fingerprint density at radius 3 is 2.57 bits per heavy atom. The van der Waals surface area contributed by atoms with Crippen molar-refractivity contribution in [2.45, 2.75) is 76.9 Å². The highest BCUT2D eigenvalue weighted by molar-refractivity contribution is 5.85. The first kappa shape index (κ1) is 18.7. The van der Waals surface area contributed by atoms with Gasteiger partial charge in [-0.05, 0) is 45.1 Å². The molecule has 1 aliphatic carbocycles. The molecule has 4 atom stereocenters. The van der Waals surface area contributed by atoms with Crippen molar-refractivity contribution in [3.8, 4) is 0 Å². The van der Waals surface area contributed by atoms with Gasteiger partial charge in [0.1, 0.15) is 0 Å². The van der Waals surface area contributed by atoms with Crippen LogP contribution in [0.25, 0.3) is 0 Å². The van der Waals surface area contributed by atoms with Gasteiger partial charge in [0.05, 0.1) is 6.54 Å². The third-order valence-corrected chi connectivity index (χ3v) is 5.08. The summed E-state index contributed by atoms with van der Waals surface area (Å²) in [5, 5.41) is 3.25. The summed E-state index contributed by atoms with van der Waals surface area (Å²) in [6.07, 6.45) is 8.51. The predicted molar refractivity (Wildman–Crippen MR) is 89.7 cm³/mol. The van der Waals surface area contributed by atoms with Gasteiger partial charge in [0.25, 0.3) is 0 Å². The van der Waals surface area contributed by atoms with Crippen LogP contribution >= 0.6 is 12.4 Å². The SMILES string of the molecule is CC(N)C1CCCCN1CC(=O)NC1CCCCC1C.Cl. The molecular formula is C16H32ClN3O. The van der Waals surface area contributed by atoms with E-state index in [1.54, 1.807) is 0 Å². The molecular weight excluding hydrogens is 286 g/mol. The van der Waals surface area contributed by atoms with E-state index in [9.17, 15) is 4.79 Å². The van der Waals surface area contributed by atoms with E-state index in [1.165, 1.54) is 32.1 Å². The van der Waals surface area contributed by atoms with Crippen molar-refractivity contribution in [3.05, 3.63) is 0 Å². The van der Waals surface area contributed by atoms with Gasteiger partial charge in [0, 0.05) is 18.1 Å². The van der Waals surface area contributed by atoms with Crippen molar-refractivity contribution in [1.29, 1.82) is 0 Å². The van der Waals surface area contributed by atoms with Gasteiger partial charge in [-0.1, -0.05) is 26.2 Å². The van der Waals surface area contributed by atoms with Crippen molar-refractivity contribution >= 4 is 18.3 Å². The number of piperidine rings is 1. The van der Waals surface area contributed by atoms with Gasteiger partial charge in [0.15, 0.2) is 0 Å². The summed E-state index contributed by atoms with van der Waals surface area (Å²) in [7, 11) is 0. The Labute approximate surface area is 135 Å². The fourth-order valence-corrected chi connectivity index (χ4v) is 3.78. The average molecular weight is 318 g/mol. The normalized spacial score (nSPS) is 32.0. The largest absolute Gasteiger partial charge is 0.352 e. The standard InChI is InChI=1S/C16H31N3O.ClH/c1-12-7-3-4-8-14(12)18-16(20)11-19-10-6-5-9-15(19)13(2)17;/h12-15H,3-11,17H2,1-2H3,(H,18,20);1H. The van der Waals surface area contributed by atoms with Gasteiger partial charge in [-0.3, -0.25) is 9.69 Å². The summed E-state index contributed by atoms with van der Waals surface area (Å²) in [6.45, 7) is 5.86. The molecule has 1 saturated heterocycles. The summed E-state index contributed by atoms with van der Waals surface area (Å²) < 4.78 is 0. The van der Waals surface area contributed by atoms with Gasteiger partial charge in [0.2, 0.25) is 5.91 Å². The van der Waals surface area contributed by atoms with Gasteiger partial charge in [-0.2, -0.15) is 0 Å². The van der Waals surface area contributed by atoms with E-state index in [0.717, 1.165) is 19.4 Å². The summed E-state index contributed by atoms with van der Waals surface area (Å²) in [4.78, 5) is 14.6. The first-order chi connectivity index (χ1) is 9.58.